The van der Waals surface area contributed by atoms with Crippen LogP contribution in [-0.2, 0) is 13.6 Å². The van der Waals surface area contributed by atoms with Gasteiger partial charge in [0.2, 0.25) is 0 Å². The smallest absolute Gasteiger partial charge is 0.251 e. The van der Waals surface area contributed by atoms with Gasteiger partial charge in [-0.1, -0.05) is 25.4 Å². The van der Waals surface area contributed by atoms with Crippen molar-refractivity contribution in [3.63, 3.8) is 0 Å². The molecule has 160 valence electrons. The van der Waals surface area contributed by atoms with Gasteiger partial charge in [0, 0.05) is 63.1 Å². The summed E-state index contributed by atoms with van der Waals surface area (Å²) in [6.07, 6.45) is 2.05. The highest BCUT2D eigenvalue weighted by Crippen LogP contribution is 2.18. The van der Waals surface area contributed by atoms with Crippen LogP contribution in [0.2, 0.25) is 5.02 Å². The molecule has 0 saturated heterocycles. The van der Waals surface area contributed by atoms with E-state index in [2.05, 4.69) is 34.6 Å². The van der Waals surface area contributed by atoms with Crippen molar-refractivity contribution in [1.82, 2.24) is 25.3 Å². The average molecular weight is 533 g/mol. The van der Waals surface area contributed by atoms with E-state index in [-0.39, 0.29) is 29.9 Å². The lowest BCUT2D eigenvalue weighted by atomic mass is 10.1. The van der Waals surface area contributed by atoms with Gasteiger partial charge in [-0.15, -0.1) is 24.0 Å². The first kappa shape index (κ1) is 25.2. The van der Waals surface area contributed by atoms with Crippen LogP contribution in [0, 0.1) is 0 Å². The van der Waals surface area contributed by atoms with E-state index in [4.69, 9.17) is 11.6 Å². The second kappa shape index (κ2) is 12.0. The Morgan fingerprint density at radius 3 is 2.45 bits per heavy atom. The second-order valence-corrected chi connectivity index (χ2v) is 7.40. The molecular weight excluding hydrogens is 503 g/mol. The predicted octanol–water partition coefficient (Wildman–Crippen LogP) is 3.25. The number of halogens is 2. The van der Waals surface area contributed by atoms with E-state index in [1.54, 1.807) is 31.3 Å². The number of nitrogens with one attached hydrogen (secondary N) is 2. The lowest BCUT2D eigenvalue weighted by Gasteiger charge is -2.22. The number of carbonyl (C=O) groups excluding carboxylic acids is 1. The van der Waals surface area contributed by atoms with Crippen LogP contribution >= 0.6 is 35.6 Å². The Labute approximate surface area is 194 Å². The lowest BCUT2D eigenvalue weighted by molar-refractivity contribution is 0.0954. The molecule has 0 saturated carbocycles. The third kappa shape index (κ3) is 7.50. The quantitative estimate of drug-likeness (QED) is 0.248. The molecule has 1 aromatic carbocycles. The molecule has 0 aliphatic rings. The maximum atomic E-state index is 12.1. The first-order chi connectivity index (χ1) is 13.3. The highest BCUT2D eigenvalue weighted by Gasteiger charge is 2.15. The van der Waals surface area contributed by atoms with Gasteiger partial charge in [-0.25, -0.2) is 0 Å². The first-order valence-corrected chi connectivity index (χ1v) is 9.67. The number of hydrogen-bond donors (Lipinski definition) is 2. The SMILES string of the molecule is CN=C(NCCNC(=O)c1ccc(Cl)cc1)N(C)Cc1cn(C)nc1C(C)C.I. The highest BCUT2D eigenvalue weighted by molar-refractivity contribution is 14.0. The number of aromatic nitrogens is 2. The van der Waals surface area contributed by atoms with Crippen LogP contribution in [0.5, 0.6) is 0 Å². The van der Waals surface area contributed by atoms with Crippen LogP contribution in [0.4, 0.5) is 0 Å². The molecule has 2 rings (SSSR count). The summed E-state index contributed by atoms with van der Waals surface area (Å²) >= 11 is 5.85. The molecule has 9 heteroatoms. The Kier molecular flexibility index (Phi) is 10.5. The molecule has 0 fully saturated rings. The van der Waals surface area contributed by atoms with Crippen molar-refractivity contribution >= 4 is 47.4 Å². The van der Waals surface area contributed by atoms with Crippen LogP contribution < -0.4 is 10.6 Å². The van der Waals surface area contributed by atoms with E-state index in [0.717, 1.165) is 11.7 Å². The maximum absolute atomic E-state index is 12.1. The third-order valence-corrected chi connectivity index (χ3v) is 4.52. The molecule has 0 atom stereocenters. The van der Waals surface area contributed by atoms with E-state index in [1.165, 1.54) is 5.56 Å². The highest BCUT2D eigenvalue weighted by atomic mass is 127. The normalized spacial score (nSPS) is 11.2. The van der Waals surface area contributed by atoms with Crippen LogP contribution in [0.25, 0.3) is 0 Å². The van der Waals surface area contributed by atoms with E-state index >= 15 is 0 Å². The van der Waals surface area contributed by atoms with Gasteiger partial charge in [-0.3, -0.25) is 14.5 Å². The number of guanidine groups is 1. The Morgan fingerprint density at radius 2 is 1.86 bits per heavy atom. The monoisotopic (exact) mass is 532 g/mol. The van der Waals surface area contributed by atoms with E-state index in [9.17, 15) is 4.79 Å². The zero-order valence-electron chi connectivity index (χ0n) is 17.6. The van der Waals surface area contributed by atoms with Gasteiger partial charge in [0.15, 0.2) is 5.96 Å². The largest absolute Gasteiger partial charge is 0.354 e. The average Bonchev–Trinajstić information content (AvgIpc) is 3.02. The van der Waals surface area contributed by atoms with Gasteiger partial charge in [-0.2, -0.15) is 5.10 Å². The van der Waals surface area contributed by atoms with Gasteiger partial charge in [0.1, 0.15) is 0 Å². The standard InChI is InChI=1S/C20H29ClN6O.HI/c1-14(2)18-16(13-27(5)25-18)12-26(4)20(22-3)24-11-10-23-19(28)15-6-8-17(21)9-7-15;/h6-9,13-14H,10-12H2,1-5H3,(H,22,24)(H,23,28);1H. The van der Waals surface area contributed by atoms with Gasteiger partial charge >= 0.3 is 0 Å². The topological polar surface area (TPSA) is 74.6 Å². The molecule has 0 unspecified atom stereocenters. The molecule has 0 aliphatic carbocycles. The van der Waals surface area contributed by atoms with Crippen molar-refractivity contribution in [1.29, 1.82) is 0 Å². The summed E-state index contributed by atoms with van der Waals surface area (Å²) in [4.78, 5) is 18.5. The van der Waals surface area contributed by atoms with Crippen molar-refractivity contribution in [3.8, 4) is 0 Å². The molecule has 7 nitrogen and oxygen atoms in total. The maximum Gasteiger partial charge on any atom is 0.251 e. The third-order valence-electron chi connectivity index (χ3n) is 4.26. The minimum atomic E-state index is -0.126. The number of nitrogens with zero attached hydrogens (tertiary/aromatic N) is 4. The van der Waals surface area contributed by atoms with Crippen molar-refractivity contribution in [2.24, 2.45) is 12.0 Å². The molecule has 1 aromatic heterocycles. The summed E-state index contributed by atoms with van der Waals surface area (Å²) in [6.45, 7) is 6.04. The molecule has 0 spiro atoms. The number of benzene rings is 1. The number of hydrogen-bond acceptors (Lipinski definition) is 3. The summed E-state index contributed by atoms with van der Waals surface area (Å²) in [5.41, 5.74) is 2.86. The van der Waals surface area contributed by atoms with Gasteiger partial charge in [-0.05, 0) is 30.2 Å². The van der Waals surface area contributed by atoms with Crippen LogP contribution in [0.15, 0.2) is 35.5 Å². The number of carbonyl (C=O) groups is 1. The number of rotatable bonds is 7. The number of aryl methyl sites for hydroxylation is 1. The van der Waals surface area contributed by atoms with Crippen LogP contribution in [0.1, 0.15) is 41.4 Å². The van der Waals surface area contributed by atoms with E-state index in [1.807, 2.05) is 29.9 Å². The van der Waals surface area contributed by atoms with Crippen molar-refractivity contribution in [3.05, 3.63) is 52.3 Å². The fraction of sp³-hybridized carbons (Fsp3) is 0.450. The Hall–Kier alpha value is -1.81. The molecule has 1 heterocycles. The number of amides is 1. The Morgan fingerprint density at radius 1 is 1.24 bits per heavy atom. The fourth-order valence-corrected chi connectivity index (χ4v) is 3.06. The predicted molar refractivity (Wildman–Crippen MR) is 129 cm³/mol. The molecule has 1 amide bonds. The summed E-state index contributed by atoms with van der Waals surface area (Å²) in [6, 6.07) is 6.82. The van der Waals surface area contributed by atoms with Gasteiger partial charge in [0.25, 0.3) is 5.91 Å². The van der Waals surface area contributed by atoms with Crippen molar-refractivity contribution in [2.75, 3.05) is 27.2 Å². The molecule has 0 aliphatic heterocycles. The van der Waals surface area contributed by atoms with Crippen molar-refractivity contribution in [2.45, 2.75) is 26.3 Å². The van der Waals surface area contributed by atoms with Crippen LogP contribution in [0.3, 0.4) is 0 Å². The van der Waals surface area contributed by atoms with E-state index < -0.39 is 0 Å². The zero-order valence-corrected chi connectivity index (χ0v) is 20.7. The van der Waals surface area contributed by atoms with Gasteiger partial charge < -0.3 is 15.5 Å². The Bertz CT molecular complexity index is 819. The summed E-state index contributed by atoms with van der Waals surface area (Å²) in [5, 5.41) is 11.3. The first-order valence-electron chi connectivity index (χ1n) is 9.29. The van der Waals surface area contributed by atoms with Crippen molar-refractivity contribution < 1.29 is 4.79 Å². The fourth-order valence-electron chi connectivity index (χ4n) is 2.93. The minimum absolute atomic E-state index is 0. The summed E-state index contributed by atoms with van der Waals surface area (Å²) in [5.74, 6) is 1.00. The minimum Gasteiger partial charge on any atom is -0.354 e. The molecular formula is C20H30ClIN6O. The molecule has 29 heavy (non-hydrogen) atoms. The summed E-state index contributed by atoms with van der Waals surface area (Å²) < 4.78 is 1.85. The lowest BCUT2D eigenvalue weighted by Crippen LogP contribution is -2.42. The molecule has 0 radical (unpaired) electrons. The van der Waals surface area contributed by atoms with Crippen LogP contribution in [-0.4, -0.2) is 53.7 Å². The summed E-state index contributed by atoms with van der Waals surface area (Å²) in [7, 11) is 5.67. The molecule has 0 bridgehead atoms. The molecule has 2 aromatic rings. The second-order valence-electron chi connectivity index (χ2n) is 6.96. The zero-order chi connectivity index (χ0) is 20.7. The van der Waals surface area contributed by atoms with E-state index in [0.29, 0.717) is 36.1 Å². The van der Waals surface area contributed by atoms with Gasteiger partial charge in [0.05, 0.1) is 5.69 Å². The number of aliphatic imine (C=N–C) groups is 1. The Balaban J connectivity index is 0.00000420. The molecule has 2 N–H and O–H groups in total.